The van der Waals surface area contributed by atoms with Gasteiger partial charge in [0.25, 0.3) is 0 Å². The standard InChI is InChI=1S/C22H28N4S.H2/c1-4-16-17-11-26(12-18(16)14(3)13(17)2)10-15-5-6-20-19(9-15)25-21-22(27-20)24-8-7-23-21;/h5-9,13-14,16-18H,4,10-12H2,1-3H3,(H,23,25);1H. The average Bonchev–Trinajstić information content (AvgIpc) is 2.83. The SMILES string of the molecule is CCC1C2CN(Cc3ccc4c(c3)Nc3nccnc3S4)CC1C(C)C2C.[HH]. The van der Waals surface area contributed by atoms with Gasteiger partial charge in [-0.3, -0.25) is 4.90 Å². The summed E-state index contributed by atoms with van der Waals surface area (Å²) in [5.74, 6) is 5.28. The van der Waals surface area contributed by atoms with E-state index in [2.05, 4.69) is 59.2 Å². The Kier molecular flexibility index (Phi) is 4.40. The number of hydrogen-bond acceptors (Lipinski definition) is 5. The predicted molar refractivity (Wildman–Crippen MR) is 112 cm³/mol. The number of aromatic nitrogens is 2. The molecule has 27 heavy (non-hydrogen) atoms. The Hall–Kier alpha value is -1.59. The third-order valence-corrected chi connectivity index (χ3v) is 8.33. The van der Waals surface area contributed by atoms with E-state index in [4.69, 9.17) is 0 Å². The van der Waals surface area contributed by atoms with Crippen molar-refractivity contribution in [3.05, 3.63) is 36.2 Å². The summed E-state index contributed by atoms with van der Waals surface area (Å²) in [5.41, 5.74) is 2.56. The molecule has 1 aromatic carbocycles. The van der Waals surface area contributed by atoms with Crippen molar-refractivity contribution in [2.24, 2.45) is 29.6 Å². The molecule has 5 heteroatoms. The van der Waals surface area contributed by atoms with E-state index in [1.54, 1.807) is 24.2 Å². The fraction of sp³-hybridized carbons (Fsp3) is 0.545. The minimum Gasteiger partial charge on any atom is -0.337 e. The molecule has 1 saturated heterocycles. The van der Waals surface area contributed by atoms with Gasteiger partial charge in [0.1, 0.15) is 5.03 Å². The molecule has 0 radical (unpaired) electrons. The van der Waals surface area contributed by atoms with E-state index in [0.29, 0.717) is 0 Å². The lowest BCUT2D eigenvalue weighted by molar-refractivity contribution is 0.0891. The summed E-state index contributed by atoms with van der Waals surface area (Å²) in [7, 11) is 0. The van der Waals surface area contributed by atoms with Gasteiger partial charge >= 0.3 is 0 Å². The molecular formula is C22H30N4S. The van der Waals surface area contributed by atoms with Crippen LogP contribution in [0.15, 0.2) is 40.5 Å². The summed E-state index contributed by atoms with van der Waals surface area (Å²) in [6.07, 6.45) is 4.85. The fourth-order valence-electron chi connectivity index (χ4n) is 5.72. The highest BCUT2D eigenvalue weighted by Crippen LogP contribution is 2.51. The van der Waals surface area contributed by atoms with Crippen molar-refractivity contribution in [2.75, 3.05) is 18.4 Å². The fourth-order valence-corrected chi connectivity index (χ4v) is 6.60. The number of piperidine rings is 1. The number of hydrogen-bond donors (Lipinski definition) is 1. The second kappa shape index (κ2) is 6.78. The molecule has 0 amide bonds. The quantitative estimate of drug-likeness (QED) is 0.666. The smallest absolute Gasteiger partial charge is 0.163 e. The average molecular weight is 383 g/mol. The number of benzene rings is 1. The zero-order valence-corrected chi connectivity index (χ0v) is 17.2. The number of nitrogens with zero attached hydrogens (tertiary/aromatic N) is 3. The first kappa shape index (κ1) is 17.5. The van der Waals surface area contributed by atoms with Gasteiger partial charge in [0, 0.05) is 38.4 Å². The molecule has 2 bridgehead atoms. The molecule has 3 aliphatic rings. The Balaban J connectivity index is 0.00000192. The Morgan fingerprint density at radius 2 is 1.89 bits per heavy atom. The Labute approximate surface area is 167 Å². The topological polar surface area (TPSA) is 41.0 Å². The number of likely N-dealkylation sites (tertiary alicyclic amines) is 1. The molecule has 2 aliphatic heterocycles. The first-order valence-corrected chi connectivity index (χ1v) is 11.1. The normalized spacial score (nSPS) is 31.9. The van der Waals surface area contributed by atoms with Gasteiger partial charge in [0.15, 0.2) is 5.82 Å². The minimum atomic E-state index is 0. The van der Waals surface area contributed by atoms with Crippen LogP contribution in [-0.2, 0) is 6.54 Å². The second-order valence-corrected chi connectivity index (χ2v) is 9.61. The van der Waals surface area contributed by atoms with Crippen molar-refractivity contribution < 1.29 is 1.43 Å². The molecule has 4 nitrogen and oxygen atoms in total. The van der Waals surface area contributed by atoms with Gasteiger partial charge in [0.05, 0.1) is 5.69 Å². The lowest BCUT2D eigenvalue weighted by atomic mass is 9.81. The zero-order valence-electron chi connectivity index (χ0n) is 16.4. The van der Waals surface area contributed by atoms with Crippen LogP contribution in [0.2, 0.25) is 0 Å². The first-order chi connectivity index (χ1) is 13.1. The van der Waals surface area contributed by atoms with Crippen LogP contribution in [0.1, 0.15) is 34.2 Å². The van der Waals surface area contributed by atoms with Gasteiger partial charge in [-0.25, -0.2) is 9.97 Å². The summed E-state index contributed by atoms with van der Waals surface area (Å²) < 4.78 is 0. The lowest BCUT2D eigenvalue weighted by Crippen LogP contribution is -2.42. The summed E-state index contributed by atoms with van der Waals surface area (Å²) in [6.45, 7) is 10.9. The van der Waals surface area contributed by atoms with Crippen LogP contribution in [0.5, 0.6) is 0 Å². The zero-order chi connectivity index (χ0) is 18.5. The van der Waals surface area contributed by atoms with Gasteiger partial charge in [0.2, 0.25) is 0 Å². The van der Waals surface area contributed by atoms with Gasteiger partial charge in [-0.1, -0.05) is 45.0 Å². The summed E-state index contributed by atoms with van der Waals surface area (Å²) in [6, 6.07) is 6.83. The van der Waals surface area contributed by atoms with Crippen molar-refractivity contribution in [1.82, 2.24) is 14.9 Å². The van der Waals surface area contributed by atoms with Crippen LogP contribution in [-0.4, -0.2) is 28.0 Å². The van der Waals surface area contributed by atoms with Crippen LogP contribution in [0, 0.1) is 29.6 Å². The summed E-state index contributed by atoms with van der Waals surface area (Å²) in [5, 5.41) is 4.42. The highest BCUT2D eigenvalue weighted by Gasteiger charge is 2.49. The molecule has 1 aromatic heterocycles. The van der Waals surface area contributed by atoms with Crippen molar-refractivity contribution in [2.45, 2.75) is 43.7 Å². The lowest BCUT2D eigenvalue weighted by Gasteiger charge is -2.38. The van der Waals surface area contributed by atoms with Crippen molar-refractivity contribution >= 4 is 23.3 Å². The van der Waals surface area contributed by atoms with Crippen molar-refractivity contribution in [1.29, 1.82) is 0 Å². The maximum Gasteiger partial charge on any atom is 0.163 e. The molecule has 2 fully saturated rings. The van der Waals surface area contributed by atoms with Gasteiger partial charge < -0.3 is 5.32 Å². The molecule has 3 heterocycles. The molecule has 5 rings (SSSR count). The Morgan fingerprint density at radius 3 is 2.63 bits per heavy atom. The molecule has 1 aliphatic carbocycles. The van der Waals surface area contributed by atoms with E-state index in [1.807, 2.05) is 0 Å². The molecular weight excluding hydrogens is 352 g/mol. The van der Waals surface area contributed by atoms with E-state index in [0.717, 1.165) is 47.0 Å². The number of fused-ring (bicyclic) bond motifs is 4. The molecule has 4 unspecified atom stereocenters. The molecule has 2 aromatic rings. The molecule has 4 atom stereocenters. The second-order valence-electron chi connectivity index (χ2n) is 8.58. The van der Waals surface area contributed by atoms with Gasteiger partial charge in [-0.15, -0.1) is 0 Å². The van der Waals surface area contributed by atoms with Crippen LogP contribution in [0.3, 0.4) is 0 Å². The molecule has 0 spiro atoms. The monoisotopic (exact) mass is 382 g/mol. The summed E-state index contributed by atoms with van der Waals surface area (Å²) in [4.78, 5) is 12.8. The van der Waals surface area contributed by atoms with Gasteiger partial charge in [-0.2, -0.15) is 0 Å². The van der Waals surface area contributed by atoms with Gasteiger partial charge in [-0.05, 0) is 47.3 Å². The Morgan fingerprint density at radius 1 is 1.15 bits per heavy atom. The van der Waals surface area contributed by atoms with E-state index in [1.165, 1.54) is 35.7 Å². The maximum atomic E-state index is 4.42. The predicted octanol–water partition coefficient (Wildman–Crippen LogP) is 5.29. The Bertz CT molecular complexity index is 842. The van der Waals surface area contributed by atoms with Crippen LogP contribution in [0.25, 0.3) is 0 Å². The molecule has 1 N–H and O–H groups in total. The molecule has 1 saturated carbocycles. The highest BCUT2D eigenvalue weighted by atomic mass is 32.2. The molecule has 144 valence electrons. The van der Waals surface area contributed by atoms with Crippen LogP contribution < -0.4 is 5.32 Å². The van der Waals surface area contributed by atoms with Crippen molar-refractivity contribution in [3.8, 4) is 0 Å². The summed E-state index contributed by atoms with van der Waals surface area (Å²) >= 11 is 1.70. The highest BCUT2D eigenvalue weighted by molar-refractivity contribution is 7.99. The van der Waals surface area contributed by atoms with E-state index >= 15 is 0 Å². The van der Waals surface area contributed by atoms with E-state index in [9.17, 15) is 0 Å². The maximum absolute atomic E-state index is 4.42. The largest absolute Gasteiger partial charge is 0.337 e. The third-order valence-electron chi connectivity index (χ3n) is 7.26. The number of anilines is 2. The minimum absolute atomic E-state index is 0. The number of rotatable bonds is 3. The van der Waals surface area contributed by atoms with E-state index in [-0.39, 0.29) is 1.43 Å². The van der Waals surface area contributed by atoms with Crippen molar-refractivity contribution in [3.63, 3.8) is 0 Å². The third kappa shape index (κ3) is 2.95. The van der Waals surface area contributed by atoms with Crippen LogP contribution >= 0.6 is 11.8 Å². The number of nitrogens with one attached hydrogen (secondary N) is 1. The van der Waals surface area contributed by atoms with E-state index < -0.39 is 0 Å². The van der Waals surface area contributed by atoms with Crippen LogP contribution in [0.4, 0.5) is 11.5 Å². The first-order valence-electron chi connectivity index (χ1n) is 10.2.